The minimum atomic E-state index is -0.315. The number of rotatable bonds is 6. The molecule has 2 rings (SSSR count). The van der Waals surface area contributed by atoms with Crippen LogP contribution >= 0.6 is 27.3 Å². The lowest BCUT2D eigenvalue weighted by Gasteiger charge is -2.13. The fourth-order valence-electron chi connectivity index (χ4n) is 1.86. The highest BCUT2D eigenvalue weighted by molar-refractivity contribution is 9.10. The van der Waals surface area contributed by atoms with Crippen molar-refractivity contribution in [3.63, 3.8) is 0 Å². The van der Waals surface area contributed by atoms with Crippen LogP contribution in [0.5, 0.6) is 11.5 Å². The molecule has 1 aromatic carbocycles. The van der Waals surface area contributed by atoms with Crippen molar-refractivity contribution in [2.24, 2.45) is 0 Å². The Morgan fingerprint density at radius 1 is 1.48 bits per heavy atom. The van der Waals surface area contributed by atoms with E-state index in [4.69, 9.17) is 14.7 Å². The highest BCUT2D eigenvalue weighted by Crippen LogP contribution is 2.37. The summed E-state index contributed by atoms with van der Waals surface area (Å²) in [5.41, 5.74) is 0.854. The van der Waals surface area contributed by atoms with Crippen molar-refractivity contribution in [1.82, 2.24) is 0 Å². The zero-order valence-electron chi connectivity index (χ0n) is 12.7. The first-order chi connectivity index (χ1) is 11.1. The fraction of sp³-hybridized carbons (Fsp3) is 0.250. The van der Waals surface area contributed by atoms with Crippen LogP contribution in [0.4, 0.5) is 5.00 Å². The Morgan fingerprint density at radius 2 is 2.26 bits per heavy atom. The maximum absolute atomic E-state index is 12.4. The van der Waals surface area contributed by atoms with Gasteiger partial charge in [0, 0.05) is 5.56 Å². The second-order valence-corrected chi connectivity index (χ2v) is 6.34. The molecule has 0 radical (unpaired) electrons. The van der Waals surface area contributed by atoms with E-state index in [-0.39, 0.29) is 5.91 Å². The molecule has 0 bridgehead atoms. The summed E-state index contributed by atoms with van der Waals surface area (Å²) < 4.78 is 11.6. The summed E-state index contributed by atoms with van der Waals surface area (Å²) in [6.45, 7) is 2.57. The number of hydrogen-bond donors (Lipinski definition) is 1. The zero-order valence-corrected chi connectivity index (χ0v) is 15.1. The molecule has 0 aliphatic rings. The molecule has 1 aromatic heterocycles. The first-order valence-electron chi connectivity index (χ1n) is 6.90. The highest BCUT2D eigenvalue weighted by atomic mass is 79.9. The first kappa shape index (κ1) is 17.3. The van der Waals surface area contributed by atoms with Crippen molar-refractivity contribution < 1.29 is 14.3 Å². The van der Waals surface area contributed by atoms with Gasteiger partial charge in [0.05, 0.1) is 23.8 Å². The molecule has 0 fully saturated rings. The number of nitrogens with one attached hydrogen (secondary N) is 1. The van der Waals surface area contributed by atoms with Gasteiger partial charge in [-0.1, -0.05) is 6.92 Å². The first-order valence-corrected chi connectivity index (χ1v) is 8.57. The largest absolute Gasteiger partial charge is 0.493 e. The van der Waals surface area contributed by atoms with Crippen molar-refractivity contribution in [2.75, 3.05) is 19.0 Å². The fourth-order valence-corrected chi connectivity index (χ4v) is 3.15. The summed E-state index contributed by atoms with van der Waals surface area (Å²) in [6, 6.07) is 6.99. The Bertz CT molecular complexity index is 752. The van der Waals surface area contributed by atoms with Crippen molar-refractivity contribution in [3.05, 3.63) is 39.2 Å². The Kier molecular flexibility index (Phi) is 6.02. The lowest BCUT2D eigenvalue weighted by atomic mass is 10.2. The quantitative estimate of drug-likeness (QED) is 0.786. The molecule has 2 aromatic rings. The Hall–Kier alpha value is -2.04. The number of nitrogens with zero attached hydrogens (tertiary/aromatic N) is 1. The van der Waals surface area contributed by atoms with Crippen LogP contribution in [-0.4, -0.2) is 19.6 Å². The number of carbonyl (C=O) groups excluding carboxylic acids is 1. The van der Waals surface area contributed by atoms with E-state index < -0.39 is 0 Å². The molecule has 1 heterocycles. The summed E-state index contributed by atoms with van der Waals surface area (Å²) in [5.74, 6) is 0.731. The van der Waals surface area contributed by atoms with Gasteiger partial charge in [-0.2, -0.15) is 5.26 Å². The Morgan fingerprint density at radius 3 is 2.91 bits per heavy atom. The summed E-state index contributed by atoms with van der Waals surface area (Å²) in [4.78, 5) is 12.4. The van der Waals surface area contributed by atoms with Gasteiger partial charge in [-0.25, -0.2) is 0 Å². The Labute approximate surface area is 147 Å². The van der Waals surface area contributed by atoms with Gasteiger partial charge >= 0.3 is 0 Å². The van der Waals surface area contributed by atoms with Gasteiger partial charge in [0.25, 0.3) is 5.91 Å². The topological polar surface area (TPSA) is 71.3 Å². The van der Waals surface area contributed by atoms with Crippen molar-refractivity contribution in [3.8, 4) is 17.6 Å². The van der Waals surface area contributed by atoms with Crippen LogP contribution < -0.4 is 14.8 Å². The summed E-state index contributed by atoms with van der Waals surface area (Å²) in [7, 11) is 1.52. The van der Waals surface area contributed by atoms with Gasteiger partial charge in [0.15, 0.2) is 11.5 Å². The van der Waals surface area contributed by atoms with Crippen LogP contribution in [0.1, 0.15) is 29.3 Å². The molecule has 0 saturated carbocycles. The molecule has 5 nitrogen and oxygen atoms in total. The van der Waals surface area contributed by atoms with Gasteiger partial charge in [-0.3, -0.25) is 4.79 Å². The molecular formula is C16H15BrN2O3S. The molecule has 0 aliphatic carbocycles. The monoisotopic (exact) mass is 394 g/mol. The molecule has 1 N–H and O–H groups in total. The van der Waals surface area contributed by atoms with Gasteiger partial charge in [0.1, 0.15) is 11.1 Å². The number of nitriles is 1. The zero-order chi connectivity index (χ0) is 16.8. The number of benzene rings is 1. The van der Waals surface area contributed by atoms with Gasteiger partial charge in [0.2, 0.25) is 0 Å². The third-order valence-electron chi connectivity index (χ3n) is 2.95. The summed E-state index contributed by atoms with van der Waals surface area (Å²) in [5, 5.41) is 14.0. The molecular weight excluding hydrogens is 380 g/mol. The lowest BCUT2D eigenvalue weighted by molar-refractivity contribution is 0.102. The van der Waals surface area contributed by atoms with E-state index in [9.17, 15) is 4.79 Å². The molecule has 0 unspecified atom stereocenters. The normalized spacial score (nSPS) is 10.0. The van der Waals surface area contributed by atoms with E-state index >= 15 is 0 Å². The van der Waals surface area contributed by atoms with Gasteiger partial charge in [-0.05, 0) is 45.9 Å². The number of methoxy groups -OCH3 is 1. The average molecular weight is 395 g/mol. The molecule has 0 spiro atoms. The van der Waals surface area contributed by atoms with Crippen molar-refractivity contribution in [2.45, 2.75) is 13.3 Å². The standard InChI is InChI=1S/C16H15BrN2O3S/c1-3-5-22-14-12(17)7-11(8-13(14)21-2)15(20)19-16-10(9-18)4-6-23-16/h4,6-8H,3,5H2,1-2H3,(H,19,20). The summed E-state index contributed by atoms with van der Waals surface area (Å²) >= 11 is 4.71. The number of halogens is 1. The van der Waals surface area contributed by atoms with Gasteiger partial charge in [-0.15, -0.1) is 11.3 Å². The maximum Gasteiger partial charge on any atom is 0.256 e. The number of ether oxygens (including phenoxy) is 2. The van der Waals surface area contributed by atoms with Crippen LogP contribution in [0.25, 0.3) is 0 Å². The minimum Gasteiger partial charge on any atom is -0.493 e. The number of hydrogen-bond acceptors (Lipinski definition) is 5. The van der Waals surface area contributed by atoms with E-state index in [1.807, 2.05) is 13.0 Å². The van der Waals surface area contributed by atoms with E-state index in [1.54, 1.807) is 23.6 Å². The SMILES string of the molecule is CCCOc1c(Br)cc(C(=O)Nc2sccc2C#N)cc1OC. The van der Waals surface area contributed by atoms with Gasteiger partial charge < -0.3 is 14.8 Å². The van der Waals surface area contributed by atoms with Crippen LogP contribution in [0, 0.1) is 11.3 Å². The predicted octanol–water partition coefficient (Wildman–Crippen LogP) is 4.43. The second kappa shape index (κ2) is 7.99. The molecule has 23 heavy (non-hydrogen) atoms. The van der Waals surface area contributed by atoms with Crippen LogP contribution in [0.3, 0.4) is 0 Å². The number of thiophene rings is 1. The Balaban J connectivity index is 2.27. The molecule has 1 amide bonds. The van der Waals surface area contributed by atoms with E-state index in [2.05, 4.69) is 21.2 Å². The number of amides is 1. The van der Waals surface area contributed by atoms with Crippen LogP contribution in [0.2, 0.25) is 0 Å². The maximum atomic E-state index is 12.4. The molecule has 0 aliphatic heterocycles. The second-order valence-electron chi connectivity index (χ2n) is 4.57. The smallest absolute Gasteiger partial charge is 0.256 e. The van der Waals surface area contributed by atoms with Crippen molar-refractivity contribution >= 4 is 38.2 Å². The molecule has 0 atom stereocenters. The van der Waals surface area contributed by atoms with E-state index in [0.29, 0.717) is 38.7 Å². The third-order valence-corrected chi connectivity index (χ3v) is 4.37. The average Bonchev–Trinajstić information content (AvgIpc) is 3.00. The molecule has 0 saturated heterocycles. The lowest BCUT2D eigenvalue weighted by Crippen LogP contribution is -2.12. The summed E-state index contributed by atoms with van der Waals surface area (Å²) in [6.07, 6.45) is 0.868. The molecule has 7 heteroatoms. The van der Waals surface area contributed by atoms with Crippen LogP contribution in [0.15, 0.2) is 28.1 Å². The minimum absolute atomic E-state index is 0.315. The van der Waals surface area contributed by atoms with Crippen molar-refractivity contribution in [1.29, 1.82) is 5.26 Å². The highest BCUT2D eigenvalue weighted by Gasteiger charge is 2.17. The van der Waals surface area contributed by atoms with E-state index in [0.717, 1.165) is 6.42 Å². The van der Waals surface area contributed by atoms with E-state index in [1.165, 1.54) is 18.4 Å². The van der Waals surface area contributed by atoms with Crippen LogP contribution in [-0.2, 0) is 0 Å². The third kappa shape index (κ3) is 4.03. The predicted molar refractivity (Wildman–Crippen MR) is 93.5 cm³/mol. The molecule has 120 valence electrons. The number of anilines is 1. The number of carbonyl (C=O) groups is 1.